The summed E-state index contributed by atoms with van der Waals surface area (Å²) in [6.45, 7) is 0. The number of amides is 3. The maximum absolute atomic E-state index is 12.0. The van der Waals surface area contributed by atoms with Gasteiger partial charge in [0.05, 0.1) is 0 Å². The molecular formula is C18H19N3O3. The van der Waals surface area contributed by atoms with Crippen LogP contribution in [0.25, 0.3) is 0 Å². The third-order valence-electron chi connectivity index (χ3n) is 3.33. The number of hydrogen-bond acceptors (Lipinski definition) is 3. The lowest BCUT2D eigenvalue weighted by Crippen LogP contribution is -2.24. The van der Waals surface area contributed by atoms with Crippen LogP contribution < -0.4 is 16.0 Å². The third kappa shape index (κ3) is 5.24. The van der Waals surface area contributed by atoms with Crippen molar-refractivity contribution >= 4 is 29.1 Å². The SMILES string of the molecule is CNC(=O)Nc1ccc(NC(=O)CCC(=O)c2ccccc2)cc1. The molecule has 124 valence electrons. The van der Waals surface area contributed by atoms with Gasteiger partial charge in [0.25, 0.3) is 0 Å². The van der Waals surface area contributed by atoms with E-state index in [1.807, 2.05) is 6.07 Å². The number of urea groups is 1. The second-order valence-corrected chi connectivity index (χ2v) is 5.12. The Morgan fingerprint density at radius 3 is 1.96 bits per heavy atom. The Kier molecular flexibility index (Phi) is 6.08. The molecule has 2 aromatic rings. The highest BCUT2D eigenvalue weighted by molar-refractivity contribution is 6.00. The summed E-state index contributed by atoms with van der Waals surface area (Å²) >= 11 is 0. The predicted octanol–water partition coefficient (Wildman–Crippen LogP) is 3.04. The Morgan fingerprint density at radius 1 is 0.792 bits per heavy atom. The molecule has 0 fully saturated rings. The molecule has 0 bridgehead atoms. The van der Waals surface area contributed by atoms with Gasteiger partial charge in [0.1, 0.15) is 0 Å². The van der Waals surface area contributed by atoms with Crippen molar-refractivity contribution < 1.29 is 14.4 Å². The van der Waals surface area contributed by atoms with Crippen molar-refractivity contribution in [3.63, 3.8) is 0 Å². The van der Waals surface area contributed by atoms with Crippen molar-refractivity contribution in [1.29, 1.82) is 0 Å². The number of carbonyl (C=O) groups excluding carboxylic acids is 3. The van der Waals surface area contributed by atoms with E-state index in [9.17, 15) is 14.4 Å². The van der Waals surface area contributed by atoms with Crippen LogP contribution in [0.3, 0.4) is 0 Å². The van der Waals surface area contributed by atoms with Gasteiger partial charge in [-0.3, -0.25) is 9.59 Å². The maximum Gasteiger partial charge on any atom is 0.318 e. The van der Waals surface area contributed by atoms with Crippen LogP contribution in [0.4, 0.5) is 16.2 Å². The van der Waals surface area contributed by atoms with Gasteiger partial charge in [-0.25, -0.2) is 4.79 Å². The summed E-state index contributed by atoms with van der Waals surface area (Å²) in [5, 5.41) is 7.80. The van der Waals surface area contributed by atoms with E-state index in [1.165, 1.54) is 7.05 Å². The molecule has 0 saturated carbocycles. The van der Waals surface area contributed by atoms with Gasteiger partial charge in [-0.15, -0.1) is 0 Å². The normalized spacial score (nSPS) is 9.88. The van der Waals surface area contributed by atoms with E-state index in [4.69, 9.17) is 0 Å². The lowest BCUT2D eigenvalue weighted by Gasteiger charge is -2.07. The van der Waals surface area contributed by atoms with Crippen molar-refractivity contribution in [1.82, 2.24) is 5.32 Å². The molecule has 0 heterocycles. The van der Waals surface area contributed by atoms with Crippen molar-refractivity contribution in [2.24, 2.45) is 0 Å². The van der Waals surface area contributed by atoms with Crippen molar-refractivity contribution in [2.45, 2.75) is 12.8 Å². The topological polar surface area (TPSA) is 87.3 Å². The number of benzene rings is 2. The molecule has 0 radical (unpaired) electrons. The van der Waals surface area contributed by atoms with Gasteiger partial charge < -0.3 is 16.0 Å². The van der Waals surface area contributed by atoms with Crippen molar-refractivity contribution in [3.8, 4) is 0 Å². The average Bonchev–Trinajstić information content (AvgIpc) is 2.62. The van der Waals surface area contributed by atoms with E-state index >= 15 is 0 Å². The molecule has 6 nitrogen and oxygen atoms in total. The summed E-state index contributed by atoms with van der Waals surface area (Å²) in [5.41, 5.74) is 1.83. The molecule has 0 atom stereocenters. The minimum Gasteiger partial charge on any atom is -0.341 e. The molecule has 2 aromatic carbocycles. The average molecular weight is 325 g/mol. The second kappa shape index (κ2) is 8.47. The summed E-state index contributed by atoms with van der Waals surface area (Å²) in [4.78, 5) is 35.1. The Balaban J connectivity index is 1.82. The maximum atomic E-state index is 12.0. The third-order valence-corrected chi connectivity index (χ3v) is 3.33. The summed E-state index contributed by atoms with van der Waals surface area (Å²) in [6, 6.07) is 15.3. The second-order valence-electron chi connectivity index (χ2n) is 5.12. The van der Waals surface area contributed by atoms with Crippen LogP contribution in [-0.4, -0.2) is 24.8 Å². The predicted molar refractivity (Wildman–Crippen MR) is 93.2 cm³/mol. The first-order valence-electron chi connectivity index (χ1n) is 7.55. The quantitative estimate of drug-likeness (QED) is 0.713. The molecule has 0 aromatic heterocycles. The van der Waals surface area contributed by atoms with Gasteiger partial charge in [-0.2, -0.15) is 0 Å². The fourth-order valence-corrected chi connectivity index (χ4v) is 2.05. The zero-order chi connectivity index (χ0) is 17.4. The molecule has 6 heteroatoms. The number of ketones is 1. The number of nitrogens with one attached hydrogen (secondary N) is 3. The Labute approximate surface area is 140 Å². The minimum absolute atomic E-state index is 0.0594. The fraction of sp³-hybridized carbons (Fsp3) is 0.167. The Bertz CT molecular complexity index is 712. The lowest BCUT2D eigenvalue weighted by molar-refractivity contribution is -0.116. The number of hydrogen-bond donors (Lipinski definition) is 3. The summed E-state index contributed by atoms with van der Waals surface area (Å²) in [6.07, 6.45) is 0.276. The highest BCUT2D eigenvalue weighted by Crippen LogP contribution is 2.14. The lowest BCUT2D eigenvalue weighted by atomic mass is 10.1. The van der Waals surface area contributed by atoms with Crippen LogP contribution in [0.5, 0.6) is 0 Å². The Hall–Kier alpha value is -3.15. The van der Waals surface area contributed by atoms with Crippen LogP contribution in [-0.2, 0) is 4.79 Å². The van der Waals surface area contributed by atoms with E-state index in [1.54, 1.807) is 48.5 Å². The van der Waals surface area contributed by atoms with Gasteiger partial charge in [0.15, 0.2) is 5.78 Å². The number of anilines is 2. The van der Waals surface area contributed by atoms with Gasteiger partial charge >= 0.3 is 6.03 Å². The number of carbonyl (C=O) groups is 3. The van der Waals surface area contributed by atoms with E-state index in [0.717, 1.165) is 0 Å². The zero-order valence-corrected chi connectivity index (χ0v) is 13.3. The van der Waals surface area contributed by atoms with Gasteiger partial charge in [-0.05, 0) is 24.3 Å². The monoisotopic (exact) mass is 325 g/mol. The van der Waals surface area contributed by atoms with Crippen molar-refractivity contribution in [2.75, 3.05) is 17.7 Å². The molecule has 0 aliphatic rings. The molecule has 24 heavy (non-hydrogen) atoms. The van der Waals surface area contributed by atoms with Crippen LogP contribution in [0, 0.1) is 0 Å². The van der Waals surface area contributed by atoms with Gasteiger partial charge in [0, 0.05) is 36.8 Å². The highest BCUT2D eigenvalue weighted by Gasteiger charge is 2.09. The van der Waals surface area contributed by atoms with Gasteiger partial charge in [0.2, 0.25) is 5.91 Å². The Morgan fingerprint density at radius 2 is 1.38 bits per heavy atom. The van der Waals surface area contributed by atoms with E-state index in [2.05, 4.69) is 16.0 Å². The fourth-order valence-electron chi connectivity index (χ4n) is 2.05. The molecular weight excluding hydrogens is 306 g/mol. The number of Topliss-reactive ketones (excluding diaryl/α,β-unsaturated/α-hetero) is 1. The smallest absolute Gasteiger partial charge is 0.318 e. The largest absolute Gasteiger partial charge is 0.341 e. The molecule has 0 unspecified atom stereocenters. The van der Waals surface area contributed by atoms with E-state index in [0.29, 0.717) is 16.9 Å². The standard InChI is InChI=1S/C18H19N3O3/c1-19-18(24)21-15-9-7-14(8-10-15)20-17(23)12-11-16(22)13-5-3-2-4-6-13/h2-10H,11-12H2,1H3,(H,20,23)(H2,19,21,24). The van der Waals surface area contributed by atoms with Crippen LogP contribution in [0.1, 0.15) is 23.2 Å². The molecule has 0 aliphatic heterocycles. The van der Waals surface area contributed by atoms with Crippen molar-refractivity contribution in [3.05, 3.63) is 60.2 Å². The van der Waals surface area contributed by atoms with E-state index in [-0.39, 0.29) is 30.6 Å². The summed E-state index contributed by atoms with van der Waals surface area (Å²) < 4.78 is 0. The summed E-state index contributed by atoms with van der Waals surface area (Å²) in [5.74, 6) is -0.290. The molecule has 0 spiro atoms. The molecule has 0 saturated heterocycles. The number of rotatable bonds is 6. The first-order valence-corrected chi connectivity index (χ1v) is 7.55. The first-order chi connectivity index (χ1) is 11.6. The van der Waals surface area contributed by atoms with Crippen LogP contribution in [0.2, 0.25) is 0 Å². The molecule has 2 rings (SSSR count). The molecule has 3 N–H and O–H groups in total. The van der Waals surface area contributed by atoms with Crippen LogP contribution >= 0.6 is 0 Å². The van der Waals surface area contributed by atoms with Gasteiger partial charge in [-0.1, -0.05) is 30.3 Å². The summed E-state index contributed by atoms with van der Waals surface area (Å²) in [7, 11) is 1.53. The first kappa shape index (κ1) is 17.2. The highest BCUT2D eigenvalue weighted by atomic mass is 16.2. The molecule has 3 amide bonds. The molecule has 0 aliphatic carbocycles. The minimum atomic E-state index is -0.314. The van der Waals surface area contributed by atoms with E-state index < -0.39 is 0 Å². The van der Waals surface area contributed by atoms with Crippen LogP contribution in [0.15, 0.2) is 54.6 Å². The zero-order valence-electron chi connectivity index (χ0n) is 13.3.